The monoisotopic (exact) mass is 424 g/mol. The number of nitrogens with one attached hydrogen (secondary N) is 2. The van der Waals surface area contributed by atoms with Gasteiger partial charge in [-0.25, -0.2) is 4.99 Å². The number of para-hydroxylation sites is 2. The molecule has 10 heteroatoms. The normalized spacial score (nSPS) is 16.3. The number of aromatic amines is 1. The van der Waals surface area contributed by atoms with E-state index in [0.717, 1.165) is 84.9 Å². The van der Waals surface area contributed by atoms with Gasteiger partial charge in [-0.15, -0.1) is 21.5 Å². The minimum Gasteiger partial charge on any atom is -0.495 e. The number of thiophene rings is 1. The lowest BCUT2D eigenvalue weighted by Crippen LogP contribution is -2.49. The van der Waals surface area contributed by atoms with Crippen LogP contribution in [0.4, 0.5) is 16.4 Å². The Morgan fingerprint density at radius 2 is 2.03 bits per heavy atom. The molecule has 4 heterocycles. The number of anilines is 2. The molecule has 0 saturated carbocycles. The highest BCUT2D eigenvalue weighted by Gasteiger charge is 2.28. The maximum atomic E-state index is 5.67. The molecule has 9 nitrogen and oxygen atoms in total. The van der Waals surface area contributed by atoms with Crippen molar-refractivity contribution in [2.24, 2.45) is 4.99 Å². The standard InChI is InChI=1S/C20H24N8OS/c1-29-16-13-30-20-18(16)19(21-14-5-2-3-6-15(14)22-20)28-11-9-27(10-12-28)8-4-7-17-23-25-26-24-17/h2-3,5-6,13,22H,4,7-12H2,1H3,(H,23,24,25,26). The van der Waals surface area contributed by atoms with E-state index in [9.17, 15) is 0 Å². The van der Waals surface area contributed by atoms with Crippen LogP contribution in [-0.2, 0) is 6.42 Å². The SMILES string of the molecule is COc1csc2c1C(N1CCN(CCCc3nn[nH]n3)CC1)=Nc1ccccc1N2. The molecule has 0 unspecified atom stereocenters. The van der Waals surface area contributed by atoms with Gasteiger partial charge < -0.3 is 15.0 Å². The van der Waals surface area contributed by atoms with Crippen molar-refractivity contribution in [1.82, 2.24) is 30.4 Å². The maximum absolute atomic E-state index is 5.67. The van der Waals surface area contributed by atoms with Crippen LogP contribution >= 0.6 is 11.3 Å². The summed E-state index contributed by atoms with van der Waals surface area (Å²) < 4.78 is 5.67. The molecule has 0 radical (unpaired) electrons. The highest BCUT2D eigenvalue weighted by molar-refractivity contribution is 7.15. The van der Waals surface area contributed by atoms with Crippen molar-refractivity contribution in [2.45, 2.75) is 12.8 Å². The number of aliphatic imine (C=N–C) groups is 1. The van der Waals surface area contributed by atoms with Gasteiger partial charge in [0, 0.05) is 38.0 Å². The lowest BCUT2D eigenvalue weighted by atomic mass is 10.2. The molecule has 0 spiro atoms. The van der Waals surface area contributed by atoms with Crippen molar-refractivity contribution in [2.75, 3.05) is 45.2 Å². The smallest absolute Gasteiger partial charge is 0.174 e. The van der Waals surface area contributed by atoms with Gasteiger partial charge in [-0.05, 0) is 25.1 Å². The first-order valence-corrected chi connectivity index (χ1v) is 11.0. The van der Waals surface area contributed by atoms with Gasteiger partial charge in [0.2, 0.25) is 0 Å². The number of hydrogen-bond acceptors (Lipinski definition) is 9. The number of hydrogen-bond donors (Lipinski definition) is 2. The number of piperazine rings is 1. The van der Waals surface area contributed by atoms with Gasteiger partial charge in [0.25, 0.3) is 0 Å². The van der Waals surface area contributed by atoms with Gasteiger partial charge in [0.15, 0.2) is 5.82 Å². The quantitative estimate of drug-likeness (QED) is 0.650. The molecule has 2 aliphatic rings. The third-order valence-electron chi connectivity index (χ3n) is 5.52. The van der Waals surface area contributed by atoms with Crippen LogP contribution in [0.3, 0.4) is 0 Å². The number of H-pyrrole nitrogens is 1. The number of nitrogens with zero attached hydrogens (tertiary/aromatic N) is 6. The van der Waals surface area contributed by atoms with Crippen LogP contribution in [0.15, 0.2) is 34.6 Å². The molecule has 0 aliphatic carbocycles. The Morgan fingerprint density at radius 3 is 2.83 bits per heavy atom. The third kappa shape index (κ3) is 3.75. The number of methoxy groups -OCH3 is 1. The average Bonchev–Trinajstić information content (AvgIpc) is 3.40. The Morgan fingerprint density at radius 1 is 1.17 bits per heavy atom. The molecule has 2 N–H and O–H groups in total. The second-order valence-electron chi connectivity index (χ2n) is 7.35. The van der Waals surface area contributed by atoms with E-state index in [1.807, 2.05) is 12.1 Å². The average molecular weight is 425 g/mol. The molecule has 0 amide bonds. The predicted octanol–water partition coefficient (Wildman–Crippen LogP) is 2.66. The third-order valence-corrected chi connectivity index (χ3v) is 6.39. The van der Waals surface area contributed by atoms with Crippen LogP contribution in [0, 0.1) is 0 Å². The van der Waals surface area contributed by atoms with Crippen LogP contribution in [0.25, 0.3) is 0 Å². The number of aromatic nitrogens is 4. The molecular formula is C20H24N8OS. The Kier molecular flexibility index (Phi) is 5.33. The predicted molar refractivity (Wildman–Crippen MR) is 117 cm³/mol. The van der Waals surface area contributed by atoms with E-state index in [0.29, 0.717) is 0 Å². The van der Waals surface area contributed by atoms with Crippen molar-refractivity contribution in [3.05, 3.63) is 41.0 Å². The summed E-state index contributed by atoms with van der Waals surface area (Å²) >= 11 is 1.66. The van der Waals surface area contributed by atoms with Crippen molar-refractivity contribution >= 4 is 33.5 Å². The van der Waals surface area contributed by atoms with Crippen molar-refractivity contribution in [3.63, 3.8) is 0 Å². The Hall–Kier alpha value is -2.98. The Balaban J connectivity index is 1.31. The van der Waals surface area contributed by atoms with Gasteiger partial charge in [-0.1, -0.05) is 17.3 Å². The van der Waals surface area contributed by atoms with E-state index in [1.54, 1.807) is 18.4 Å². The van der Waals surface area contributed by atoms with Crippen LogP contribution in [0.1, 0.15) is 17.8 Å². The highest BCUT2D eigenvalue weighted by atomic mass is 32.1. The molecule has 3 aromatic rings. The molecule has 30 heavy (non-hydrogen) atoms. The summed E-state index contributed by atoms with van der Waals surface area (Å²) in [6, 6.07) is 8.18. The van der Waals surface area contributed by atoms with E-state index < -0.39 is 0 Å². The molecule has 0 bridgehead atoms. The lowest BCUT2D eigenvalue weighted by Gasteiger charge is -2.36. The second kappa shape index (κ2) is 8.41. The zero-order chi connectivity index (χ0) is 20.3. The topological polar surface area (TPSA) is 94.6 Å². The zero-order valence-corrected chi connectivity index (χ0v) is 17.7. The number of aryl methyl sites for hydroxylation is 1. The summed E-state index contributed by atoms with van der Waals surface area (Å²) in [5, 5.41) is 20.9. The molecule has 2 aliphatic heterocycles. The Labute approximate surface area is 178 Å². The number of benzene rings is 1. The minimum atomic E-state index is 0.782. The maximum Gasteiger partial charge on any atom is 0.174 e. The van der Waals surface area contributed by atoms with Crippen molar-refractivity contribution in [3.8, 4) is 5.75 Å². The molecule has 1 saturated heterocycles. The molecule has 1 fully saturated rings. The number of ether oxygens (including phenoxy) is 1. The van der Waals surface area contributed by atoms with Gasteiger partial charge in [0.1, 0.15) is 16.6 Å². The molecule has 0 atom stereocenters. The lowest BCUT2D eigenvalue weighted by molar-refractivity contribution is 0.180. The fraction of sp³-hybridized carbons (Fsp3) is 0.400. The highest BCUT2D eigenvalue weighted by Crippen LogP contribution is 2.42. The van der Waals surface area contributed by atoms with Gasteiger partial charge >= 0.3 is 0 Å². The minimum absolute atomic E-state index is 0.782. The summed E-state index contributed by atoms with van der Waals surface area (Å²) in [5.74, 6) is 2.65. The first-order valence-electron chi connectivity index (χ1n) is 10.1. The first-order chi connectivity index (χ1) is 14.8. The summed E-state index contributed by atoms with van der Waals surface area (Å²) in [4.78, 5) is 9.94. The fourth-order valence-corrected chi connectivity index (χ4v) is 4.84. The van der Waals surface area contributed by atoms with Gasteiger partial charge in [-0.3, -0.25) is 4.90 Å². The molecule has 5 rings (SSSR count). The van der Waals surface area contributed by atoms with E-state index in [2.05, 4.69) is 53.3 Å². The van der Waals surface area contributed by atoms with E-state index in [1.165, 1.54) is 0 Å². The first kappa shape index (κ1) is 19.0. The van der Waals surface area contributed by atoms with Gasteiger partial charge in [-0.2, -0.15) is 5.21 Å². The van der Waals surface area contributed by atoms with Crippen LogP contribution < -0.4 is 10.1 Å². The summed E-state index contributed by atoms with van der Waals surface area (Å²) in [6.07, 6.45) is 1.88. The van der Waals surface area contributed by atoms with Gasteiger partial charge in [0.05, 0.1) is 24.0 Å². The molecule has 1 aromatic carbocycles. The van der Waals surface area contributed by atoms with Crippen LogP contribution in [0.5, 0.6) is 5.75 Å². The molecular weight excluding hydrogens is 400 g/mol. The molecule has 156 valence electrons. The van der Waals surface area contributed by atoms with Crippen LogP contribution in [0.2, 0.25) is 0 Å². The fourth-order valence-electron chi connectivity index (χ4n) is 3.93. The van der Waals surface area contributed by atoms with E-state index in [-0.39, 0.29) is 0 Å². The number of tetrazole rings is 1. The van der Waals surface area contributed by atoms with Crippen molar-refractivity contribution in [1.29, 1.82) is 0 Å². The molecule has 2 aromatic heterocycles. The number of fused-ring (bicyclic) bond motifs is 2. The summed E-state index contributed by atoms with van der Waals surface area (Å²) in [7, 11) is 1.72. The summed E-state index contributed by atoms with van der Waals surface area (Å²) in [5.41, 5.74) is 3.04. The summed E-state index contributed by atoms with van der Waals surface area (Å²) in [6.45, 7) is 4.90. The number of amidine groups is 1. The van der Waals surface area contributed by atoms with E-state index >= 15 is 0 Å². The second-order valence-corrected chi connectivity index (χ2v) is 8.23. The van der Waals surface area contributed by atoms with Crippen LogP contribution in [-0.4, -0.2) is 76.1 Å². The zero-order valence-electron chi connectivity index (χ0n) is 16.8. The number of rotatable bonds is 5. The largest absolute Gasteiger partial charge is 0.495 e. The Bertz CT molecular complexity index is 1020. The van der Waals surface area contributed by atoms with Crippen molar-refractivity contribution < 1.29 is 4.74 Å². The van der Waals surface area contributed by atoms with E-state index in [4.69, 9.17) is 9.73 Å².